The molecule has 1 aromatic heterocycles. The van der Waals surface area contributed by atoms with Gasteiger partial charge in [0.1, 0.15) is 5.92 Å². The fraction of sp³-hybridized carbons (Fsp3) is 0.333. The molecule has 6 heteroatoms. The van der Waals surface area contributed by atoms with E-state index >= 15 is 0 Å². The molecule has 3 unspecified atom stereocenters. The maximum absolute atomic E-state index is 13.3. The SMILES string of the molecule is CCN1C(=O)C(CNc2ccccc2)CSC1C(C#N)c1csc2c1C=CCC=C2. The summed E-state index contributed by atoms with van der Waals surface area (Å²) in [5.74, 6) is 0.438. The summed E-state index contributed by atoms with van der Waals surface area (Å²) < 4.78 is 0. The van der Waals surface area contributed by atoms with Gasteiger partial charge >= 0.3 is 0 Å². The lowest BCUT2D eigenvalue weighted by Gasteiger charge is -2.40. The quantitative estimate of drug-likeness (QED) is 0.657. The molecular weight excluding hydrogens is 410 g/mol. The minimum Gasteiger partial charge on any atom is -0.384 e. The Morgan fingerprint density at radius 2 is 2.07 bits per heavy atom. The van der Waals surface area contributed by atoms with Gasteiger partial charge < -0.3 is 10.2 Å². The van der Waals surface area contributed by atoms with Gasteiger partial charge in [0, 0.05) is 29.4 Å². The first-order valence-electron chi connectivity index (χ1n) is 10.3. The van der Waals surface area contributed by atoms with Gasteiger partial charge in [-0.1, -0.05) is 36.4 Å². The summed E-state index contributed by atoms with van der Waals surface area (Å²) in [6.45, 7) is 3.22. The summed E-state index contributed by atoms with van der Waals surface area (Å²) in [6.07, 6.45) is 9.45. The predicted molar refractivity (Wildman–Crippen MR) is 127 cm³/mol. The van der Waals surface area contributed by atoms with Crippen molar-refractivity contribution in [3.63, 3.8) is 0 Å². The van der Waals surface area contributed by atoms with Crippen molar-refractivity contribution >= 4 is 46.8 Å². The van der Waals surface area contributed by atoms with Crippen LogP contribution < -0.4 is 5.32 Å². The molecule has 1 saturated heterocycles. The van der Waals surface area contributed by atoms with E-state index in [1.165, 1.54) is 4.88 Å². The van der Waals surface area contributed by atoms with E-state index in [0.717, 1.165) is 29.0 Å². The molecule has 0 spiro atoms. The van der Waals surface area contributed by atoms with Gasteiger partial charge in [-0.2, -0.15) is 5.26 Å². The van der Waals surface area contributed by atoms with Crippen molar-refractivity contribution in [3.05, 3.63) is 63.9 Å². The second-order valence-corrected chi connectivity index (χ2v) is 9.47. The van der Waals surface area contributed by atoms with E-state index in [1.807, 2.05) is 42.2 Å². The van der Waals surface area contributed by atoms with Crippen LogP contribution in [0.4, 0.5) is 5.69 Å². The second-order valence-electron chi connectivity index (χ2n) is 7.41. The highest BCUT2D eigenvalue weighted by Crippen LogP contribution is 2.41. The Balaban J connectivity index is 1.52. The average Bonchev–Trinajstić information content (AvgIpc) is 3.02. The van der Waals surface area contributed by atoms with Crippen molar-refractivity contribution in [3.8, 4) is 6.07 Å². The molecule has 1 N–H and O–H groups in total. The van der Waals surface area contributed by atoms with Crippen LogP contribution in [0.3, 0.4) is 0 Å². The van der Waals surface area contributed by atoms with E-state index in [1.54, 1.807) is 23.1 Å². The minimum atomic E-state index is -0.335. The van der Waals surface area contributed by atoms with Gasteiger partial charge in [-0.25, -0.2) is 0 Å². The molecule has 154 valence electrons. The number of allylic oxidation sites excluding steroid dienone is 2. The van der Waals surface area contributed by atoms with Crippen LogP contribution in [-0.2, 0) is 4.79 Å². The third-order valence-electron chi connectivity index (χ3n) is 5.55. The number of rotatable bonds is 6. The van der Waals surface area contributed by atoms with E-state index in [4.69, 9.17) is 0 Å². The maximum Gasteiger partial charge on any atom is 0.229 e. The van der Waals surface area contributed by atoms with Gasteiger partial charge in [0.25, 0.3) is 0 Å². The molecule has 1 aliphatic carbocycles. The fourth-order valence-electron chi connectivity index (χ4n) is 3.96. The number of likely N-dealkylation sites (N-methyl/N-ethyl adjacent to an activating group) is 1. The van der Waals surface area contributed by atoms with Gasteiger partial charge in [0.2, 0.25) is 5.91 Å². The molecule has 1 aromatic carbocycles. The third-order valence-corrected chi connectivity index (χ3v) is 7.99. The number of amides is 1. The summed E-state index contributed by atoms with van der Waals surface area (Å²) in [4.78, 5) is 16.4. The zero-order valence-corrected chi connectivity index (χ0v) is 18.6. The van der Waals surface area contributed by atoms with Crippen LogP contribution in [0.25, 0.3) is 12.2 Å². The average molecular weight is 436 g/mol. The number of hydrogen-bond donors (Lipinski definition) is 1. The summed E-state index contributed by atoms with van der Waals surface area (Å²) in [5, 5.41) is 15.4. The Labute approximate surface area is 186 Å². The number of para-hydroxylation sites is 1. The number of fused-ring (bicyclic) bond motifs is 1. The number of carbonyl (C=O) groups is 1. The largest absolute Gasteiger partial charge is 0.384 e. The van der Waals surface area contributed by atoms with Gasteiger partial charge in [-0.05, 0) is 48.1 Å². The van der Waals surface area contributed by atoms with E-state index < -0.39 is 0 Å². The van der Waals surface area contributed by atoms with Crippen LogP contribution in [0, 0.1) is 17.2 Å². The molecule has 30 heavy (non-hydrogen) atoms. The number of nitriles is 1. The van der Waals surface area contributed by atoms with E-state index in [2.05, 4.69) is 41.1 Å². The molecule has 1 fully saturated rings. The Kier molecular flexibility index (Phi) is 6.61. The standard InChI is InChI=1S/C24H25N3OS2/c1-2-27-23(28)17(14-26-18-9-5-3-6-10-18)15-30-24(27)20(13-25)21-16-29-22-12-8-4-7-11-19(21)22/h3,5-12,16-17,20,24,26H,2,4,14-15H2,1H3. The molecule has 2 aromatic rings. The Morgan fingerprint density at radius 1 is 1.27 bits per heavy atom. The van der Waals surface area contributed by atoms with Crippen molar-refractivity contribution in [2.24, 2.45) is 5.92 Å². The van der Waals surface area contributed by atoms with Crippen LogP contribution in [0.5, 0.6) is 0 Å². The zero-order chi connectivity index (χ0) is 20.9. The summed E-state index contributed by atoms with van der Waals surface area (Å²) in [7, 11) is 0. The number of nitrogens with one attached hydrogen (secondary N) is 1. The molecule has 3 atom stereocenters. The second kappa shape index (κ2) is 9.55. The molecule has 4 rings (SSSR count). The smallest absolute Gasteiger partial charge is 0.229 e. The third kappa shape index (κ3) is 4.19. The summed E-state index contributed by atoms with van der Waals surface area (Å²) in [6, 6.07) is 12.5. The topological polar surface area (TPSA) is 56.1 Å². The molecular formula is C24H25N3OS2. The van der Waals surface area contributed by atoms with Crippen LogP contribution in [0.1, 0.15) is 35.3 Å². The predicted octanol–water partition coefficient (Wildman–Crippen LogP) is 5.44. The molecule has 0 saturated carbocycles. The van der Waals surface area contributed by atoms with Gasteiger partial charge in [0.15, 0.2) is 0 Å². The highest BCUT2D eigenvalue weighted by molar-refractivity contribution is 8.00. The van der Waals surface area contributed by atoms with Crippen molar-refractivity contribution in [1.29, 1.82) is 5.26 Å². The lowest BCUT2D eigenvalue weighted by Crippen LogP contribution is -2.50. The molecule has 0 bridgehead atoms. The van der Waals surface area contributed by atoms with Gasteiger partial charge in [-0.3, -0.25) is 4.79 Å². The molecule has 2 aliphatic rings. The van der Waals surface area contributed by atoms with Crippen LogP contribution in [0.2, 0.25) is 0 Å². The van der Waals surface area contributed by atoms with Gasteiger partial charge in [0.05, 0.1) is 17.4 Å². The van der Waals surface area contributed by atoms with Crippen LogP contribution in [0.15, 0.2) is 47.9 Å². The van der Waals surface area contributed by atoms with Crippen molar-refractivity contribution in [1.82, 2.24) is 4.90 Å². The highest BCUT2D eigenvalue weighted by Gasteiger charge is 2.40. The van der Waals surface area contributed by atoms with E-state index in [0.29, 0.717) is 13.1 Å². The first kappa shape index (κ1) is 20.8. The van der Waals surface area contributed by atoms with Gasteiger partial charge in [-0.15, -0.1) is 23.1 Å². The fourth-order valence-corrected chi connectivity index (χ4v) is 6.50. The van der Waals surface area contributed by atoms with Crippen LogP contribution in [-0.4, -0.2) is 35.0 Å². The number of carbonyl (C=O) groups excluding carboxylic acids is 1. The first-order valence-corrected chi connectivity index (χ1v) is 12.2. The van der Waals surface area contributed by atoms with E-state index in [-0.39, 0.29) is 23.1 Å². The zero-order valence-electron chi connectivity index (χ0n) is 17.0. The van der Waals surface area contributed by atoms with Crippen LogP contribution >= 0.6 is 23.1 Å². The number of hydrogen-bond acceptors (Lipinski definition) is 5. The number of thiophene rings is 1. The summed E-state index contributed by atoms with van der Waals surface area (Å²) >= 11 is 3.41. The van der Waals surface area contributed by atoms with Crippen molar-refractivity contribution in [2.75, 3.05) is 24.2 Å². The Hall–Kier alpha value is -2.49. The molecule has 1 aliphatic heterocycles. The molecule has 1 amide bonds. The number of anilines is 1. The molecule has 0 radical (unpaired) electrons. The number of benzene rings is 1. The minimum absolute atomic E-state index is 0.0897. The lowest BCUT2D eigenvalue weighted by molar-refractivity contribution is -0.135. The molecule has 2 heterocycles. The highest BCUT2D eigenvalue weighted by atomic mass is 32.2. The Bertz CT molecular complexity index is 990. The normalized spacial score (nSPS) is 21.6. The monoisotopic (exact) mass is 435 g/mol. The summed E-state index contributed by atoms with van der Waals surface area (Å²) in [5.41, 5.74) is 3.21. The number of nitrogens with zero attached hydrogens (tertiary/aromatic N) is 2. The Morgan fingerprint density at radius 3 is 2.83 bits per heavy atom. The van der Waals surface area contributed by atoms with Crippen molar-refractivity contribution < 1.29 is 4.79 Å². The van der Waals surface area contributed by atoms with E-state index in [9.17, 15) is 10.1 Å². The first-order chi connectivity index (χ1) is 14.7. The van der Waals surface area contributed by atoms with Crippen molar-refractivity contribution in [2.45, 2.75) is 24.6 Å². The lowest BCUT2D eigenvalue weighted by atomic mass is 9.96. The maximum atomic E-state index is 13.3. The molecule has 4 nitrogen and oxygen atoms in total. The number of thioether (sulfide) groups is 1.